The van der Waals surface area contributed by atoms with Crippen LogP contribution in [0.3, 0.4) is 0 Å². The largest absolute Gasteiger partial charge is 1.00 e. The summed E-state index contributed by atoms with van der Waals surface area (Å²) < 4.78 is 25.2. The first-order valence-electron chi connectivity index (χ1n) is 0.463. The van der Waals surface area contributed by atoms with E-state index in [1.54, 1.807) is 0 Å². The first-order valence-corrected chi connectivity index (χ1v) is 1.39. The third-order valence-corrected chi connectivity index (χ3v) is 0. The molecule has 2 N–H and O–H groups in total. The summed E-state index contributed by atoms with van der Waals surface area (Å²) in [5, 5.41) is 0. The zero-order chi connectivity index (χ0) is 3.58. The molecule has 0 aromatic rings. The summed E-state index contributed by atoms with van der Waals surface area (Å²) in [5.74, 6) is 0. The molecule has 0 amide bonds. The van der Waals surface area contributed by atoms with Gasteiger partial charge in [0.25, 0.3) is 0 Å². The van der Waals surface area contributed by atoms with Crippen molar-refractivity contribution < 1.29 is 52.6 Å². The Morgan fingerprint density at radius 3 is 1.00 bits per heavy atom. The minimum Gasteiger partial charge on any atom is -0.412 e. The fourth-order valence-corrected chi connectivity index (χ4v) is 0. The van der Waals surface area contributed by atoms with Crippen molar-refractivity contribution in [2.24, 2.45) is 0 Å². The molecule has 6 heteroatoms. The van der Waals surface area contributed by atoms with Crippen LogP contribution in [0.15, 0.2) is 0 Å². The van der Waals surface area contributed by atoms with Crippen LogP contribution in [0.25, 0.3) is 0 Å². The second-order valence-electron chi connectivity index (χ2n) is 0.189. The van der Waals surface area contributed by atoms with Crippen molar-refractivity contribution in [3.63, 3.8) is 0 Å². The van der Waals surface area contributed by atoms with Gasteiger partial charge in [-0.25, -0.2) is 0 Å². The Hall–Kier alpha value is 0.870. The molecule has 0 aliphatic carbocycles. The van der Waals surface area contributed by atoms with Crippen LogP contribution in [0.2, 0.25) is 0 Å². The molecule has 0 aliphatic rings. The van der Waals surface area contributed by atoms with Crippen molar-refractivity contribution in [2.45, 2.75) is 0 Å². The van der Waals surface area contributed by atoms with Crippen LogP contribution in [0.5, 0.6) is 0 Å². The van der Waals surface area contributed by atoms with Crippen molar-refractivity contribution in [1.29, 1.82) is 0 Å². The van der Waals surface area contributed by atoms with E-state index < -0.39 is 10.8 Å². The molecule has 0 atom stereocenters. The monoisotopic (exact) mass is 208 g/mol. The predicted octanol–water partition coefficient (Wildman–Crippen LogP) is -4.39. The van der Waals surface area contributed by atoms with Gasteiger partial charge < -0.3 is 19.5 Å². The average molecular weight is 209 g/mol. The van der Waals surface area contributed by atoms with E-state index in [1.165, 1.54) is 0 Å². The smallest absolute Gasteiger partial charge is 0.412 e. The van der Waals surface area contributed by atoms with Crippen LogP contribution in [-0.4, -0.2) is 5.48 Å². The van der Waals surface area contributed by atoms with Gasteiger partial charge in [-0.05, 0) is 0 Å². The van der Waals surface area contributed by atoms with E-state index in [4.69, 9.17) is 14.0 Å². The molecule has 0 saturated carbocycles. The van der Waals surface area contributed by atoms with Gasteiger partial charge in [-0.3, -0.25) is 0 Å². The molecular formula is H2AgClO4. The van der Waals surface area contributed by atoms with Gasteiger partial charge in [-0.1, -0.05) is 0 Å². The van der Waals surface area contributed by atoms with E-state index in [-0.39, 0.29) is 27.9 Å². The normalized spacial score (nSPS) is 6.00. The third kappa shape index (κ3) is 96.3. The maximum Gasteiger partial charge on any atom is 1.00 e. The second kappa shape index (κ2) is 9.30. The SMILES string of the molecule is O.[Ag+].[O-][Cl+2]([O-])[O-]. The molecule has 0 aromatic carbocycles. The zero-order valence-electron chi connectivity index (χ0n) is 2.40. The molecular weight excluding hydrogens is 207 g/mol. The third-order valence-electron chi connectivity index (χ3n) is 0. The first kappa shape index (κ1) is 15.8. The van der Waals surface area contributed by atoms with E-state index in [0.717, 1.165) is 0 Å². The van der Waals surface area contributed by atoms with Crippen LogP contribution in [-0.2, 0) is 22.4 Å². The molecule has 0 aromatic heterocycles. The molecule has 0 saturated heterocycles. The molecule has 0 bridgehead atoms. The number of rotatable bonds is 0. The molecule has 44 valence electrons. The Morgan fingerprint density at radius 1 is 1.00 bits per heavy atom. The molecule has 0 radical (unpaired) electrons. The van der Waals surface area contributed by atoms with Crippen molar-refractivity contribution >= 4 is 0 Å². The summed E-state index contributed by atoms with van der Waals surface area (Å²) in [4.78, 5) is 0. The van der Waals surface area contributed by atoms with Gasteiger partial charge in [0.05, 0.1) is 10.8 Å². The van der Waals surface area contributed by atoms with Gasteiger partial charge >= 0.3 is 22.4 Å². The Kier molecular flexibility index (Phi) is 24.5. The predicted molar refractivity (Wildman–Crippen MR) is 3.61 cm³/mol. The van der Waals surface area contributed by atoms with E-state index >= 15 is 0 Å². The van der Waals surface area contributed by atoms with Crippen LogP contribution in [0, 0.1) is 10.8 Å². The number of hydrogen-bond acceptors (Lipinski definition) is 3. The summed E-state index contributed by atoms with van der Waals surface area (Å²) in [5.41, 5.74) is 0. The molecule has 0 heterocycles. The molecule has 0 fully saturated rings. The van der Waals surface area contributed by atoms with Gasteiger partial charge in [0, 0.05) is 0 Å². The van der Waals surface area contributed by atoms with Gasteiger partial charge in [0.1, 0.15) is 0 Å². The second-order valence-corrected chi connectivity index (χ2v) is 0.567. The Bertz CT molecular complexity index is 12.3. The summed E-state index contributed by atoms with van der Waals surface area (Å²) >= 11 is 0. The van der Waals surface area contributed by atoms with Crippen LogP contribution in [0.4, 0.5) is 0 Å². The Balaban J connectivity index is -0.0000000450. The molecule has 0 spiro atoms. The minimum atomic E-state index is -2.85. The van der Waals surface area contributed by atoms with Crippen molar-refractivity contribution in [3.8, 4) is 0 Å². The van der Waals surface area contributed by atoms with E-state index in [9.17, 15) is 0 Å². The van der Waals surface area contributed by atoms with Gasteiger partial charge in [-0.2, -0.15) is 0 Å². The quantitative estimate of drug-likeness (QED) is 0.376. The maximum absolute atomic E-state index is 8.41. The van der Waals surface area contributed by atoms with Crippen LogP contribution in [0.1, 0.15) is 0 Å². The number of halogens is 1. The summed E-state index contributed by atoms with van der Waals surface area (Å²) in [6.45, 7) is 0. The van der Waals surface area contributed by atoms with Crippen molar-refractivity contribution in [1.82, 2.24) is 0 Å². The summed E-state index contributed by atoms with van der Waals surface area (Å²) in [7, 11) is -2.85. The minimum absolute atomic E-state index is 0. The molecule has 6 heavy (non-hydrogen) atoms. The molecule has 4 nitrogen and oxygen atoms in total. The molecule has 0 aliphatic heterocycles. The van der Waals surface area contributed by atoms with Crippen LogP contribution >= 0.6 is 0 Å². The Labute approximate surface area is 53.0 Å². The van der Waals surface area contributed by atoms with Crippen molar-refractivity contribution in [3.05, 3.63) is 0 Å². The average Bonchev–Trinajstić information content (AvgIpc) is 0.811. The van der Waals surface area contributed by atoms with E-state index in [0.29, 0.717) is 0 Å². The van der Waals surface area contributed by atoms with Gasteiger partial charge in [0.15, 0.2) is 0 Å². The fraction of sp³-hybridized carbons (Fsp3) is 0. The number of hydrogen-bond donors (Lipinski definition) is 0. The van der Waals surface area contributed by atoms with Gasteiger partial charge in [-0.15, -0.1) is 0 Å². The summed E-state index contributed by atoms with van der Waals surface area (Å²) in [6, 6.07) is 0. The Morgan fingerprint density at radius 2 is 1.00 bits per heavy atom. The maximum atomic E-state index is 8.41. The fourth-order valence-electron chi connectivity index (χ4n) is 0. The molecule has 0 unspecified atom stereocenters. The van der Waals surface area contributed by atoms with Crippen LogP contribution < -0.4 is 14.0 Å². The van der Waals surface area contributed by atoms with Gasteiger partial charge in [0.2, 0.25) is 0 Å². The zero-order valence-corrected chi connectivity index (χ0v) is 4.64. The topological polar surface area (TPSA) is 101 Å². The van der Waals surface area contributed by atoms with Crippen molar-refractivity contribution in [2.75, 3.05) is 0 Å². The summed E-state index contributed by atoms with van der Waals surface area (Å²) in [6.07, 6.45) is 0. The molecule has 0 rings (SSSR count). The van der Waals surface area contributed by atoms with E-state index in [2.05, 4.69) is 0 Å². The standard InChI is InChI=1S/Ag.ClO3.H2O/c;2-1(3)4;/h;;1H2/q+1;-1;. The first-order chi connectivity index (χ1) is 1.73. The van der Waals surface area contributed by atoms with E-state index in [1.807, 2.05) is 0 Å².